The van der Waals surface area contributed by atoms with Crippen LogP contribution in [0.25, 0.3) is 0 Å². The number of hydrogen-bond donors (Lipinski definition) is 0. The minimum absolute atomic E-state index is 0.0926. The van der Waals surface area contributed by atoms with E-state index in [0.717, 1.165) is 30.9 Å². The van der Waals surface area contributed by atoms with Crippen LogP contribution in [-0.4, -0.2) is 6.36 Å². The van der Waals surface area contributed by atoms with Gasteiger partial charge in [-0.2, -0.15) is 0 Å². The third-order valence-electron chi connectivity index (χ3n) is 7.28. The van der Waals surface area contributed by atoms with Crippen LogP contribution in [0.5, 0.6) is 5.75 Å². The molecule has 1 aromatic rings. The molecule has 0 N–H and O–H groups in total. The summed E-state index contributed by atoms with van der Waals surface area (Å²) in [4.78, 5) is 0. The van der Waals surface area contributed by atoms with Crippen molar-refractivity contribution in [3.05, 3.63) is 41.5 Å². The van der Waals surface area contributed by atoms with E-state index in [1.807, 2.05) is 6.08 Å². The lowest BCUT2D eigenvalue weighted by atomic mass is 9.78. The van der Waals surface area contributed by atoms with Crippen molar-refractivity contribution in [3.63, 3.8) is 0 Å². The Balaban J connectivity index is 1.43. The predicted molar refractivity (Wildman–Crippen MR) is 124 cm³/mol. The van der Waals surface area contributed by atoms with Gasteiger partial charge in [-0.25, -0.2) is 8.78 Å². The molecule has 188 valence electrons. The van der Waals surface area contributed by atoms with Crippen LogP contribution >= 0.6 is 0 Å². The van der Waals surface area contributed by atoms with E-state index in [1.54, 1.807) is 0 Å². The van der Waals surface area contributed by atoms with Crippen LogP contribution in [-0.2, 0) is 0 Å². The van der Waals surface area contributed by atoms with Crippen molar-refractivity contribution >= 4 is 0 Å². The average molecular weight is 483 g/mol. The Morgan fingerprint density at radius 1 is 0.941 bits per heavy atom. The van der Waals surface area contributed by atoms with E-state index in [0.29, 0.717) is 24.3 Å². The molecule has 0 amide bonds. The average Bonchev–Trinajstić information content (AvgIpc) is 2.80. The van der Waals surface area contributed by atoms with Crippen molar-refractivity contribution in [3.8, 4) is 17.6 Å². The summed E-state index contributed by atoms with van der Waals surface area (Å²) in [5, 5.41) is 0. The third-order valence-corrected chi connectivity index (χ3v) is 7.28. The lowest BCUT2D eigenvalue weighted by Gasteiger charge is -2.26. The van der Waals surface area contributed by atoms with E-state index in [4.69, 9.17) is 0 Å². The molecule has 0 heterocycles. The summed E-state index contributed by atoms with van der Waals surface area (Å²) in [6, 6.07) is 1.92. The topological polar surface area (TPSA) is 9.23 Å². The molecule has 3 rings (SSSR count). The maximum Gasteiger partial charge on any atom is 0.573 e. The molecule has 2 aliphatic rings. The van der Waals surface area contributed by atoms with E-state index in [2.05, 4.69) is 29.6 Å². The minimum atomic E-state index is -5.14. The number of allylic oxidation sites excluding steroid dienone is 2. The quantitative estimate of drug-likeness (QED) is 0.214. The van der Waals surface area contributed by atoms with Gasteiger partial charge in [0.15, 0.2) is 11.6 Å². The van der Waals surface area contributed by atoms with Crippen LogP contribution in [0.3, 0.4) is 0 Å². The van der Waals surface area contributed by atoms with Crippen LogP contribution < -0.4 is 4.74 Å². The van der Waals surface area contributed by atoms with Crippen LogP contribution in [0.4, 0.5) is 22.0 Å². The van der Waals surface area contributed by atoms with E-state index in [9.17, 15) is 22.0 Å². The van der Waals surface area contributed by atoms with Crippen LogP contribution in [0, 0.1) is 41.2 Å². The van der Waals surface area contributed by atoms with Gasteiger partial charge in [-0.05, 0) is 92.9 Å². The second kappa shape index (κ2) is 12.6. The summed E-state index contributed by atoms with van der Waals surface area (Å²) >= 11 is 0. The smallest absolute Gasteiger partial charge is 0.399 e. The number of halogens is 5. The van der Waals surface area contributed by atoms with Gasteiger partial charge in [-0.3, -0.25) is 0 Å². The van der Waals surface area contributed by atoms with Crippen molar-refractivity contribution < 1.29 is 26.7 Å². The third kappa shape index (κ3) is 8.32. The normalized spacial score (nSPS) is 25.7. The highest BCUT2D eigenvalue weighted by atomic mass is 19.4. The van der Waals surface area contributed by atoms with Gasteiger partial charge in [-0.1, -0.05) is 50.5 Å². The monoisotopic (exact) mass is 482 g/mol. The molecule has 0 unspecified atom stereocenters. The molecule has 0 aliphatic heterocycles. The zero-order valence-corrected chi connectivity index (χ0v) is 19.9. The van der Waals surface area contributed by atoms with Gasteiger partial charge < -0.3 is 4.74 Å². The SMILES string of the molecule is CCCCCC1CCC(C=CC#CC2CCC(c3cc(F)c(OC(F)(F)F)c(F)c3)CC2)CC1. The summed E-state index contributed by atoms with van der Waals surface area (Å²) in [6.45, 7) is 2.25. The summed E-state index contributed by atoms with van der Waals surface area (Å²) < 4.78 is 68.5. The van der Waals surface area contributed by atoms with Crippen LogP contribution in [0.15, 0.2) is 24.3 Å². The fourth-order valence-electron chi connectivity index (χ4n) is 5.30. The Hall–Kier alpha value is -2.03. The second-order valence-corrected chi connectivity index (χ2v) is 9.83. The van der Waals surface area contributed by atoms with Gasteiger partial charge in [0.05, 0.1) is 0 Å². The van der Waals surface area contributed by atoms with E-state index < -0.39 is 23.7 Å². The summed E-state index contributed by atoms with van der Waals surface area (Å²) in [7, 11) is 0. The Morgan fingerprint density at radius 3 is 2.18 bits per heavy atom. The Morgan fingerprint density at radius 2 is 1.59 bits per heavy atom. The molecule has 0 radical (unpaired) electrons. The molecular formula is C28H35F5O. The molecule has 0 aromatic heterocycles. The molecule has 0 atom stereocenters. The standard InChI is InChI=1S/C28H35F5O/c1-2-3-4-7-20-10-12-21(13-11-20)8-5-6-9-22-14-16-23(17-15-22)24-18-25(29)27(26(30)19-24)34-28(31,32)33/h5,8,18-23H,2-4,7,10-17H2,1H3. The molecule has 0 spiro atoms. The summed E-state index contributed by atoms with van der Waals surface area (Å²) in [5.74, 6) is 4.11. The molecule has 1 aromatic carbocycles. The number of unbranched alkanes of at least 4 members (excludes halogenated alkanes) is 2. The molecule has 6 heteroatoms. The Bertz CT molecular complexity index is 840. The zero-order valence-electron chi connectivity index (χ0n) is 19.9. The van der Waals surface area contributed by atoms with Gasteiger partial charge in [-0.15, -0.1) is 13.2 Å². The Labute approximate surface area is 200 Å². The van der Waals surface area contributed by atoms with Crippen LogP contribution in [0.1, 0.15) is 95.5 Å². The maximum absolute atomic E-state index is 14.0. The first-order valence-corrected chi connectivity index (χ1v) is 12.7. The fraction of sp³-hybridized carbons (Fsp3) is 0.643. The highest BCUT2D eigenvalue weighted by Crippen LogP contribution is 2.38. The Kier molecular flexibility index (Phi) is 9.85. The lowest BCUT2D eigenvalue weighted by Crippen LogP contribution is -2.19. The number of alkyl halides is 3. The highest BCUT2D eigenvalue weighted by molar-refractivity contribution is 5.33. The van der Waals surface area contributed by atoms with Gasteiger partial charge in [0.1, 0.15) is 0 Å². The van der Waals surface area contributed by atoms with Crippen molar-refractivity contribution in [2.75, 3.05) is 0 Å². The number of ether oxygens (including phenoxy) is 1. The maximum atomic E-state index is 14.0. The molecular weight excluding hydrogens is 447 g/mol. The van der Waals surface area contributed by atoms with Crippen LogP contribution in [0.2, 0.25) is 0 Å². The molecule has 2 fully saturated rings. The molecule has 34 heavy (non-hydrogen) atoms. The molecule has 0 bridgehead atoms. The number of hydrogen-bond acceptors (Lipinski definition) is 1. The van der Waals surface area contributed by atoms with E-state index in [1.165, 1.54) is 51.4 Å². The highest BCUT2D eigenvalue weighted by Gasteiger charge is 2.34. The first-order valence-electron chi connectivity index (χ1n) is 12.7. The summed E-state index contributed by atoms with van der Waals surface area (Å²) in [5.41, 5.74) is 0.376. The number of rotatable bonds is 7. The van der Waals surface area contributed by atoms with Gasteiger partial charge >= 0.3 is 6.36 Å². The largest absolute Gasteiger partial charge is 0.573 e. The molecule has 2 aliphatic carbocycles. The van der Waals surface area contributed by atoms with Gasteiger partial charge in [0, 0.05) is 5.92 Å². The number of benzene rings is 1. The van der Waals surface area contributed by atoms with E-state index in [-0.39, 0.29) is 11.8 Å². The zero-order chi connectivity index (χ0) is 24.6. The first kappa shape index (κ1) is 26.6. The second-order valence-electron chi connectivity index (χ2n) is 9.83. The first-order chi connectivity index (χ1) is 16.2. The van der Waals surface area contributed by atoms with Crippen molar-refractivity contribution in [2.45, 2.75) is 96.3 Å². The lowest BCUT2D eigenvalue weighted by molar-refractivity contribution is -0.276. The van der Waals surface area contributed by atoms with Gasteiger partial charge in [0.25, 0.3) is 0 Å². The predicted octanol–water partition coefficient (Wildman–Crippen LogP) is 9.08. The van der Waals surface area contributed by atoms with Crippen molar-refractivity contribution in [1.29, 1.82) is 0 Å². The van der Waals surface area contributed by atoms with Crippen molar-refractivity contribution in [1.82, 2.24) is 0 Å². The van der Waals surface area contributed by atoms with E-state index >= 15 is 0 Å². The molecule has 0 saturated heterocycles. The molecule has 2 saturated carbocycles. The summed E-state index contributed by atoms with van der Waals surface area (Å²) in [6.07, 6.45) is 12.6. The minimum Gasteiger partial charge on any atom is -0.399 e. The van der Waals surface area contributed by atoms with Gasteiger partial charge in [0.2, 0.25) is 5.75 Å². The molecule has 1 nitrogen and oxygen atoms in total. The fourth-order valence-corrected chi connectivity index (χ4v) is 5.30. The van der Waals surface area contributed by atoms with Crippen molar-refractivity contribution in [2.24, 2.45) is 17.8 Å².